The van der Waals surface area contributed by atoms with Crippen molar-refractivity contribution in [3.8, 4) is 5.75 Å². The van der Waals surface area contributed by atoms with E-state index in [1.165, 1.54) is 42.6 Å². The molecule has 10 nitrogen and oxygen atoms in total. The molecular formula is C29H25ClN4O6S. The second kappa shape index (κ2) is 13.1. The summed E-state index contributed by atoms with van der Waals surface area (Å²) >= 11 is 5.97. The number of nitrogens with one attached hydrogen (secondary N) is 1. The molecule has 0 saturated carbocycles. The largest absolute Gasteiger partial charge is 0.489 e. The number of amides is 1. The predicted octanol–water partition coefficient (Wildman–Crippen LogP) is 5.48. The number of non-ortho nitro benzene ring substituents is 1. The highest BCUT2D eigenvalue weighted by Gasteiger charge is 2.27. The highest BCUT2D eigenvalue weighted by molar-refractivity contribution is 7.92. The lowest BCUT2D eigenvalue weighted by molar-refractivity contribution is -0.384. The van der Waals surface area contributed by atoms with Crippen LogP contribution in [0.1, 0.15) is 16.7 Å². The van der Waals surface area contributed by atoms with Crippen LogP contribution in [0.2, 0.25) is 5.02 Å². The predicted molar refractivity (Wildman–Crippen MR) is 157 cm³/mol. The smallest absolute Gasteiger partial charge is 0.269 e. The Kier molecular flexibility index (Phi) is 9.33. The summed E-state index contributed by atoms with van der Waals surface area (Å²) in [4.78, 5) is 23.1. The first kappa shape index (κ1) is 29.2. The number of halogens is 1. The number of nitro benzene ring substituents is 1. The standard InChI is InChI=1S/C29H25ClN4O6S/c1-21-2-16-28(17-3-21)41(38,39)33(25-12-8-24(30)9-13-25)19-29(35)32-31-18-22-6-14-27(15-7-22)40-20-23-4-10-26(11-5-23)34(36)37/h2-18H,19-20H2,1H3,(H,32,35)/b31-18-. The number of nitrogens with zero attached hydrogens (tertiary/aromatic N) is 3. The van der Waals surface area contributed by atoms with Gasteiger partial charge in [-0.05, 0) is 90.8 Å². The minimum atomic E-state index is -4.06. The van der Waals surface area contributed by atoms with E-state index in [1.54, 1.807) is 60.7 Å². The van der Waals surface area contributed by atoms with Crippen molar-refractivity contribution in [2.75, 3.05) is 10.8 Å². The molecule has 1 N–H and O–H groups in total. The number of hydrogen-bond acceptors (Lipinski definition) is 7. The van der Waals surface area contributed by atoms with Gasteiger partial charge in [0.25, 0.3) is 21.6 Å². The summed E-state index contributed by atoms with van der Waals surface area (Å²) in [5.41, 5.74) is 5.00. The Bertz CT molecular complexity index is 1640. The van der Waals surface area contributed by atoms with Crippen molar-refractivity contribution in [1.29, 1.82) is 0 Å². The van der Waals surface area contributed by atoms with Gasteiger partial charge in [-0.1, -0.05) is 29.3 Å². The van der Waals surface area contributed by atoms with Crippen molar-refractivity contribution < 1.29 is 22.9 Å². The monoisotopic (exact) mass is 592 g/mol. The Hall–Kier alpha value is -4.74. The fraction of sp³-hybridized carbons (Fsp3) is 0.103. The number of rotatable bonds is 11. The summed E-state index contributed by atoms with van der Waals surface area (Å²) in [7, 11) is -4.06. The molecular weight excluding hydrogens is 568 g/mol. The van der Waals surface area contributed by atoms with Gasteiger partial charge in [-0.2, -0.15) is 5.10 Å². The highest BCUT2D eigenvalue weighted by atomic mass is 35.5. The molecule has 4 aromatic carbocycles. The van der Waals surface area contributed by atoms with Crippen LogP contribution in [0, 0.1) is 17.0 Å². The van der Waals surface area contributed by atoms with Gasteiger partial charge in [-0.15, -0.1) is 0 Å². The maximum atomic E-state index is 13.4. The topological polar surface area (TPSA) is 131 Å². The lowest BCUT2D eigenvalue weighted by Gasteiger charge is -2.23. The third-order valence-corrected chi connectivity index (χ3v) is 7.89. The van der Waals surface area contributed by atoms with Crippen molar-refractivity contribution in [3.63, 3.8) is 0 Å². The molecule has 0 unspecified atom stereocenters. The summed E-state index contributed by atoms with van der Waals surface area (Å²) in [6.45, 7) is 1.57. The molecule has 0 spiro atoms. The van der Waals surface area contributed by atoms with Crippen LogP contribution >= 0.6 is 11.6 Å². The number of aryl methyl sites for hydroxylation is 1. The molecule has 4 aromatic rings. The third-order valence-electron chi connectivity index (χ3n) is 5.85. The molecule has 12 heteroatoms. The van der Waals surface area contributed by atoms with Gasteiger partial charge >= 0.3 is 0 Å². The number of hydrogen-bond donors (Lipinski definition) is 1. The quantitative estimate of drug-likeness (QED) is 0.139. The molecule has 0 atom stereocenters. The number of sulfonamides is 1. The van der Waals surface area contributed by atoms with Gasteiger partial charge < -0.3 is 4.74 Å². The zero-order chi connectivity index (χ0) is 29.4. The van der Waals surface area contributed by atoms with E-state index in [1.807, 2.05) is 6.92 Å². The lowest BCUT2D eigenvalue weighted by atomic mass is 10.2. The summed E-state index contributed by atoms with van der Waals surface area (Å²) in [6.07, 6.45) is 1.42. The van der Waals surface area contributed by atoms with E-state index in [0.29, 0.717) is 16.3 Å². The number of carbonyl (C=O) groups is 1. The maximum Gasteiger partial charge on any atom is 0.269 e. The third kappa shape index (κ3) is 7.90. The fourth-order valence-electron chi connectivity index (χ4n) is 3.64. The van der Waals surface area contributed by atoms with E-state index in [-0.39, 0.29) is 22.9 Å². The van der Waals surface area contributed by atoms with E-state index < -0.39 is 27.4 Å². The van der Waals surface area contributed by atoms with Gasteiger partial charge in [0.1, 0.15) is 18.9 Å². The van der Waals surface area contributed by atoms with E-state index in [4.69, 9.17) is 16.3 Å². The molecule has 210 valence electrons. The van der Waals surface area contributed by atoms with Gasteiger partial charge in [-0.25, -0.2) is 13.8 Å². The first-order chi connectivity index (χ1) is 19.6. The number of anilines is 1. The molecule has 0 aliphatic rings. The average Bonchev–Trinajstić information content (AvgIpc) is 2.96. The minimum absolute atomic E-state index is 0.00931. The second-order valence-corrected chi connectivity index (χ2v) is 11.2. The van der Waals surface area contributed by atoms with Crippen LogP contribution < -0.4 is 14.5 Å². The molecule has 0 aromatic heterocycles. The molecule has 0 aliphatic heterocycles. The summed E-state index contributed by atoms with van der Waals surface area (Å²) < 4.78 is 33.5. The number of benzene rings is 4. The number of hydrazone groups is 1. The van der Waals surface area contributed by atoms with E-state index in [9.17, 15) is 23.3 Å². The van der Waals surface area contributed by atoms with E-state index in [2.05, 4.69) is 10.5 Å². The van der Waals surface area contributed by atoms with E-state index in [0.717, 1.165) is 15.4 Å². The first-order valence-corrected chi connectivity index (χ1v) is 14.1. The Morgan fingerprint density at radius 1 is 0.976 bits per heavy atom. The van der Waals surface area contributed by atoms with Gasteiger partial charge in [0.2, 0.25) is 0 Å². The van der Waals surface area contributed by atoms with Gasteiger partial charge in [0.05, 0.1) is 21.7 Å². The van der Waals surface area contributed by atoms with Crippen LogP contribution in [0.25, 0.3) is 0 Å². The Morgan fingerprint density at radius 3 is 2.22 bits per heavy atom. The maximum absolute atomic E-state index is 13.4. The van der Waals surface area contributed by atoms with Crippen LogP contribution in [0.5, 0.6) is 5.75 Å². The van der Waals surface area contributed by atoms with Crippen molar-refractivity contribution in [3.05, 3.63) is 129 Å². The highest BCUT2D eigenvalue weighted by Crippen LogP contribution is 2.25. The van der Waals surface area contributed by atoms with Gasteiger partial charge in [-0.3, -0.25) is 19.2 Å². The molecule has 0 bridgehead atoms. The normalized spacial score (nSPS) is 11.3. The van der Waals surface area contributed by atoms with Crippen molar-refractivity contribution >= 4 is 45.1 Å². The average molecular weight is 593 g/mol. The molecule has 0 aliphatic carbocycles. The fourth-order valence-corrected chi connectivity index (χ4v) is 5.18. The van der Waals surface area contributed by atoms with Crippen molar-refractivity contribution in [2.24, 2.45) is 5.10 Å². The molecule has 0 fully saturated rings. The Morgan fingerprint density at radius 2 is 1.61 bits per heavy atom. The Labute approximate surface area is 242 Å². The lowest BCUT2D eigenvalue weighted by Crippen LogP contribution is -2.39. The number of carbonyl (C=O) groups excluding carboxylic acids is 1. The summed E-state index contributed by atoms with van der Waals surface area (Å²) in [5.74, 6) is -0.0700. The zero-order valence-corrected chi connectivity index (χ0v) is 23.4. The molecule has 4 rings (SSSR count). The second-order valence-electron chi connectivity index (χ2n) is 8.88. The van der Waals surface area contributed by atoms with Crippen LogP contribution in [0.3, 0.4) is 0 Å². The van der Waals surface area contributed by atoms with Crippen LogP contribution in [0.4, 0.5) is 11.4 Å². The minimum Gasteiger partial charge on any atom is -0.489 e. The summed E-state index contributed by atoms with van der Waals surface area (Å²) in [6, 6.07) is 25.4. The SMILES string of the molecule is Cc1ccc(S(=O)(=O)N(CC(=O)N/N=C\c2ccc(OCc3ccc([N+](=O)[O-])cc3)cc2)c2ccc(Cl)cc2)cc1. The number of nitro groups is 1. The molecule has 1 amide bonds. The van der Waals surface area contributed by atoms with Crippen molar-refractivity contribution in [1.82, 2.24) is 5.43 Å². The summed E-state index contributed by atoms with van der Waals surface area (Å²) in [5, 5.41) is 15.1. The number of ether oxygens (including phenoxy) is 1. The van der Waals surface area contributed by atoms with E-state index >= 15 is 0 Å². The van der Waals surface area contributed by atoms with Crippen LogP contribution in [-0.4, -0.2) is 32.0 Å². The molecule has 0 heterocycles. The molecule has 0 radical (unpaired) electrons. The molecule has 41 heavy (non-hydrogen) atoms. The van der Waals surface area contributed by atoms with Crippen LogP contribution in [-0.2, 0) is 21.4 Å². The first-order valence-electron chi connectivity index (χ1n) is 12.2. The zero-order valence-electron chi connectivity index (χ0n) is 21.8. The van der Waals surface area contributed by atoms with Crippen molar-refractivity contribution in [2.45, 2.75) is 18.4 Å². The van der Waals surface area contributed by atoms with Gasteiger partial charge in [0.15, 0.2) is 0 Å². The van der Waals surface area contributed by atoms with Gasteiger partial charge in [0, 0.05) is 17.2 Å². The Balaban J connectivity index is 1.37. The molecule has 0 saturated heterocycles. The van der Waals surface area contributed by atoms with Crippen LogP contribution in [0.15, 0.2) is 107 Å².